The first-order valence-electron chi connectivity index (χ1n) is 9.38. The van der Waals surface area contributed by atoms with Crippen LogP contribution in [0.15, 0.2) is 48.5 Å². The van der Waals surface area contributed by atoms with Crippen LogP contribution >= 0.6 is 0 Å². The molecule has 0 unspecified atom stereocenters. The van der Waals surface area contributed by atoms with Crippen molar-refractivity contribution in [3.05, 3.63) is 71.3 Å². The van der Waals surface area contributed by atoms with Crippen LogP contribution in [0.25, 0.3) is 5.69 Å². The minimum atomic E-state index is -0.313. The number of halogens is 1. The molecule has 3 aromatic rings. The lowest BCUT2D eigenvalue weighted by Gasteiger charge is -2.09. The van der Waals surface area contributed by atoms with E-state index in [1.54, 1.807) is 48.0 Å². The number of nitrogens with zero attached hydrogens (tertiary/aromatic N) is 2. The predicted molar refractivity (Wildman–Crippen MR) is 111 cm³/mol. The van der Waals surface area contributed by atoms with Gasteiger partial charge >= 0.3 is 0 Å². The molecule has 0 spiro atoms. The number of anilines is 2. The largest absolute Gasteiger partial charge is 0.326 e. The van der Waals surface area contributed by atoms with Gasteiger partial charge in [0.1, 0.15) is 5.82 Å². The van der Waals surface area contributed by atoms with Crippen LogP contribution in [0, 0.1) is 19.7 Å². The summed E-state index contributed by atoms with van der Waals surface area (Å²) in [6, 6.07) is 13.1. The number of carbonyl (C=O) groups excluding carboxylic acids is 2. The second-order valence-corrected chi connectivity index (χ2v) is 6.75. The molecule has 0 aliphatic heterocycles. The maximum Gasteiger partial charge on any atom is 0.228 e. The van der Waals surface area contributed by atoms with Gasteiger partial charge in [0.25, 0.3) is 0 Å². The molecule has 150 valence electrons. The van der Waals surface area contributed by atoms with Crippen molar-refractivity contribution in [3.63, 3.8) is 0 Å². The Morgan fingerprint density at radius 2 is 1.62 bits per heavy atom. The first kappa shape index (κ1) is 20.3. The number of rotatable bonds is 6. The molecular formula is C22H23FN4O2. The summed E-state index contributed by atoms with van der Waals surface area (Å²) in [6.07, 6.45) is 0.539. The summed E-state index contributed by atoms with van der Waals surface area (Å²) in [6.45, 7) is 5.50. The second-order valence-electron chi connectivity index (χ2n) is 6.75. The minimum Gasteiger partial charge on any atom is -0.326 e. The Kier molecular flexibility index (Phi) is 6.07. The Hall–Kier alpha value is -3.48. The molecule has 2 aromatic carbocycles. The molecule has 0 aliphatic carbocycles. The fraction of sp³-hybridized carbons (Fsp3) is 0.227. The van der Waals surface area contributed by atoms with E-state index in [0.29, 0.717) is 17.8 Å². The zero-order valence-electron chi connectivity index (χ0n) is 16.6. The molecule has 1 heterocycles. The van der Waals surface area contributed by atoms with Gasteiger partial charge in [-0.2, -0.15) is 5.10 Å². The van der Waals surface area contributed by atoms with E-state index in [1.165, 1.54) is 12.1 Å². The molecule has 6 nitrogen and oxygen atoms in total. The third kappa shape index (κ3) is 4.87. The maximum absolute atomic E-state index is 13.2. The fourth-order valence-electron chi connectivity index (χ4n) is 3.05. The van der Waals surface area contributed by atoms with Crippen molar-refractivity contribution in [2.24, 2.45) is 0 Å². The molecular weight excluding hydrogens is 371 g/mol. The lowest BCUT2D eigenvalue weighted by Crippen LogP contribution is -2.16. The van der Waals surface area contributed by atoms with Gasteiger partial charge in [-0.25, -0.2) is 9.07 Å². The number of aryl methyl sites for hydroxylation is 1. The van der Waals surface area contributed by atoms with Crippen LogP contribution in [0.5, 0.6) is 0 Å². The quantitative estimate of drug-likeness (QED) is 0.659. The zero-order chi connectivity index (χ0) is 21.0. The van der Waals surface area contributed by atoms with Gasteiger partial charge in [0, 0.05) is 29.1 Å². The summed E-state index contributed by atoms with van der Waals surface area (Å²) in [5.41, 5.74) is 4.36. The average Bonchev–Trinajstić information content (AvgIpc) is 2.97. The summed E-state index contributed by atoms with van der Waals surface area (Å²) in [4.78, 5) is 24.1. The van der Waals surface area contributed by atoms with Gasteiger partial charge in [0.05, 0.1) is 17.8 Å². The van der Waals surface area contributed by atoms with E-state index in [2.05, 4.69) is 15.7 Å². The summed E-state index contributed by atoms with van der Waals surface area (Å²) in [7, 11) is 0. The highest BCUT2D eigenvalue weighted by Crippen LogP contribution is 2.20. The predicted octanol–water partition coefficient (Wildman–Crippen LogP) is 4.16. The highest BCUT2D eigenvalue weighted by atomic mass is 19.1. The van der Waals surface area contributed by atoms with E-state index >= 15 is 0 Å². The van der Waals surface area contributed by atoms with Gasteiger partial charge in [-0.3, -0.25) is 9.59 Å². The standard InChI is InChI=1S/C22H23FN4O2/c1-4-21(28)24-17-6-5-7-18(12-17)25-22(29)13-20-14(2)26-27(15(20)3)19-10-8-16(23)9-11-19/h5-12H,4,13H2,1-3H3,(H,24,28)(H,25,29). The van der Waals surface area contributed by atoms with Crippen molar-refractivity contribution < 1.29 is 14.0 Å². The molecule has 29 heavy (non-hydrogen) atoms. The molecule has 2 N–H and O–H groups in total. The topological polar surface area (TPSA) is 76.0 Å². The van der Waals surface area contributed by atoms with Crippen LogP contribution in [-0.2, 0) is 16.0 Å². The molecule has 7 heteroatoms. The highest BCUT2D eigenvalue weighted by Gasteiger charge is 2.16. The number of amides is 2. The van der Waals surface area contributed by atoms with Crippen molar-refractivity contribution >= 4 is 23.2 Å². The lowest BCUT2D eigenvalue weighted by atomic mass is 10.1. The van der Waals surface area contributed by atoms with Crippen molar-refractivity contribution in [1.29, 1.82) is 0 Å². The van der Waals surface area contributed by atoms with Gasteiger partial charge in [0.15, 0.2) is 0 Å². The molecule has 0 saturated heterocycles. The Labute approximate surface area is 168 Å². The van der Waals surface area contributed by atoms with Crippen molar-refractivity contribution in [2.75, 3.05) is 10.6 Å². The van der Waals surface area contributed by atoms with Crippen LogP contribution < -0.4 is 10.6 Å². The highest BCUT2D eigenvalue weighted by molar-refractivity contribution is 5.95. The summed E-state index contributed by atoms with van der Waals surface area (Å²) in [5.74, 6) is -0.589. The number of hydrogen-bond acceptors (Lipinski definition) is 3. The van der Waals surface area contributed by atoms with Crippen LogP contribution in [0.1, 0.15) is 30.3 Å². The van der Waals surface area contributed by atoms with Gasteiger partial charge in [-0.1, -0.05) is 13.0 Å². The van der Waals surface area contributed by atoms with E-state index in [4.69, 9.17) is 0 Å². The average molecular weight is 394 g/mol. The van der Waals surface area contributed by atoms with Gasteiger partial charge in [-0.05, 0) is 56.3 Å². The number of carbonyl (C=O) groups is 2. The van der Waals surface area contributed by atoms with Crippen molar-refractivity contribution in [2.45, 2.75) is 33.6 Å². The molecule has 2 amide bonds. The zero-order valence-corrected chi connectivity index (χ0v) is 16.6. The monoisotopic (exact) mass is 394 g/mol. The Bertz CT molecular complexity index is 1040. The smallest absolute Gasteiger partial charge is 0.228 e. The van der Waals surface area contributed by atoms with Crippen molar-refractivity contribution in [1.82, 2.24) is 9.78 Å². The molecule has 1 aromatic heterocycles. The van der Waals surface area contributed by atoms with Crippen LogP contribution in [0.2, 0.25) is 0 Å². The summed E-state index contributed by atoms with van der Waals surface area (Å²) < 4.78 is 14.9. The Balaban J connectivity index is 1.74. The minimum absolute atomic E-state index is 0.0899. The van der Waals surface area contributed by atoms with Gasteiger partial charge < -0.3 is 10.6 Å². The third-order valence-electron chi connectivity index (χ3n) is 4.60. The Morgan fingerprint density at radius 1 is 1.00 bits per heavy atom. The summed E-state index contributed by atoms with van der Waals surface area (Å²) in [5, 5.41) is 10.1. The number of nitrogens with one attached hydrogen (secondary N) is 2. The first-order chi connectivity index (χ1) is 13.9. The lowest BCUT2D eigenvalue weighted by molar-refractivity contribution is -0.116. The molecule has 0 saturated carbocycles. The van der Waals surface area contributed by atoms with Gasteiger partial charge in [-0.15, -0.1) is 0 Å². The summed E-state index contributed by atoms with van der Waals surface area (Å²) >= 11 is 0. The van der Waals surface area contributed by atoms with E-state index in [9.17, 15) is 14.0 Å². The third-order valence-corrected chi connectivity index (χ3v) is 4.60. The van der Waals surface area contributed by atoms with Crippen LogP contribution in [0.4, 0.5) is 15.8 Å². The Morgan fingerprint density at radius 3 is 2.24 bits per heavy atom. The second kappa shape index (κ2) is 8.68. The van der Waals surface area contributed by atoms with Crippen molar-refractivity contribution in [3.8, 4) is 5.69 Å². The normalized spacial score (nSPS) is 10.6. The van der Waals surface area contributed by atoms with E-state index in [1.807, 2.05) is 13.8 Å². The molecule has 0 bridgehead atoms. The molecule has 0 radical (unpaired) electrons. The molecule has 0 atom stereocenters. The van der Waals surface area contributed by atoms with E-state index in [-0.39, 0.29) is 24.1 Å². The van der Waals surface area contributed by atoms with Crippen LogP contribution in [0.3, 0.4) is 0 Å². The molecule has 0 fully saturated rings. The number of hydrogen-bond donors (Lipinski definition) is 2. The van der Waals surface area contributed by atoms with E-state index in [0.717, 1.165) is 22.6 Å². The maximum atomic E-state index is 13.2. The van der Waals surface area contributed by atoms with E-state index < -0.39 is 0 Å². The first-order valence-corrected chi connectivity index (χ1v) is 9.38. The van der Waals surface area contributed by atoms with Crippen LogP contribution in [-0.4, -0.2) is 21.6 Å². The fourth-order valence-corrected chi connectivity index (χ4v) is 3.05. The SMILES string of the molecule is CCC(=O)Nc1cccc(NC(=O)Cc2c(C)nn(-c3ccc(F)cc3)c2C)c1. The number of benzene rings is 2. The van der Waals surface area contributed by atoms with Gasteiger partial charge in [0.2, 0.25) is 11.8 Å². The number of aromatic nitrogens is 2. The molecule has 3 rings (SSSR count). The molecule has 0 aliphatic rings.